The molecule has 3 aromatic rings. The van der Waals surface area contributed by atoms with Crippen LogP contribution in [0, 0.1) is 13.8 Å². The minimum absolute atomic E-state index is 0.112. The smallest absolute Gasteiger partial charge is 0.349 e. The quantitative estimate of drug-likeness (QED) is 0.649. The summed E-state index contributed by atoms with van der Waals surface area (Å²) in [4.78, 5) is 19.3. The summed E-state index contributed by atoms with van der Waals surface area (Å²) in [7, 11) is -3.74. The molecule has 4 heterocycles. The van der Waals surface area contributed by atoms with Gasteiger partial charge in [-0.2, -0.15) is 4.68 Å². The third-order valence-corrected chi connectivity index (χ3v) is 6.95. The van der Waals surface area contributed by atoms with E-state index in [9.17, 15) is 13.6 Å². The van der Waals surface area contributed by atoms with Gasteiger partial charge in [0.15, 0.2) is 22.0 Å². The van der Waals surface area contributed by atoms with Gasteiger partial charge in [-0.15, -0.1) is 9.40 Å². The van der Waals surface area contributed by atoms with Gasteiger partial charge in [0.1, 0.15) is 11.5 Å². The molecule has 0 bridgehead atoms. The van der Waals surface area contributed by atoms with Crippen molar-refractivity contribution >= 4 is 10.4 Å². The number of rotatable bonds is 4. The average Bonchev–Trinajstić information content (AvgIpc) is 3.25. The summed E-state index contributed by atoms with van der Waals surface area (Å²) >= 11 is 0. The summed E-state index contributed by atoms with van der Waals surface area (Å²) in [6, 6.07) is 5.20. The van der Waals surface area contributed by atoms with Crippen LogP contribution in [-0.4, -0.2) is 46.9 Å². The van der Waals surface area contributed by atoms with E-state index in [-0.39, 0.29) is 23.1 Å². The van der Waals surface area contributed by atoms with Gasteiger partial charge in [0.05, 0.1) is 6.54 Å². The summed E-state index contributed by atoms with van der Waals surface area (Å²) in [5, 5.41) is 8.10. The molecule has 28 heavy (non-hydrogen) atoms. The zero-order valence-corrected chi connectivity index (χ0v) is 16.3. The van der Waals surface area contributed by atoms with Gasteiger partial charge >= 0.3 is 5.69 Å². The van der Waals surface area contributed by atoms with E-state index < -0.39 is 16.1 Å². The number of pyridine rings is 1. The zero-order valence-electron chi connectivity index (χ0n) is 15.5. The molecule has 148 valence electrons. The Bertz CT molecular complexity index is 1070. The van der Waals surface area contributed by atoms with E-state index in [4.69, 9.17) is 4.52 Å². The molecular weight excluding hydrogens is 384 g/mol. The molecule has 11 heteroatoms. The fraction of sp³-hybridized carbons (Fsp3) is 0.412. The first kappa shape index (κ1) is 18.7. The number of piperidine rings is 1. The maximum atomic E-state index is 13.1. The third kappa shape index (κ3) is 3.21. The van der Waals surface area contributed by atoms with E-state index in [0.29, 0.717) is 30.3 Å². The normalized spacial score (nSPS) is 20.2. The Morgan fingerprint density at radius 3 is 2.86 bits per heavy atom. The SMILES string of the molecule is Cc1noc(C)c1[S+](=O)([O-])N1CCCC(c2nn(-c3ccccn3)c(=O)[nH]2)C1. The van der Waals surface area contributed by atoms with Crippen molar-refractivity contribution in [1.82, 2.24) is 29.2 Å². The molecule has 1 aliphatic rings. The maximum absolute atomic E-state index is 13.1. The van der Waals surface area contributed by atoms with E-state index in [2.05, 4.69) is 20.2 Å². The molecule has 0 amide bonds. The van der Waals surface area contributed by atoms with Crippen LogP contribution < -0.4 is 5.69 Å². The van der Waals surface area contributed by atoms with Crippen molar-refractivity contribution in [2.45, 2.75) is 37.5 Å². The highest BCUT2D eigenvalue weighted by Gasteiger charge is 2.40. The Morgan fingerprint density at radius 2 is 2.18 bits per heavy atom. The Kier molecular flexibility index (Phi) is 4.73. The van der Waals surface area contributed by atoms with Crippen molar-refractivity contribution in [3.8, 4) is 5.82 Å². The van der Waals surface area contributed by atoms with E-state index in [1.165, 1.54) is 8.99 Å². The molecule has 1 N–H and O–H groups in total. The van der Waals surface area contributed by atoms with Gasteiger partial charge in [0.25, 0.3) is 0 Å². The molecule has 1 aliphatic heterocycles. The molecule has 0 aromatic carbocycles. The lowest BCUT2D eigenvalue weighted by atomic mass is 9.99. The van der Waals surface area contributed by atoms with Gasteiger partial charge in [-0.3, -0.25) is 4.98 Å². The third-order valence-electron chi connectivity index (χ3n) is 4.84. The molecule has 0 saturated carbocycles. The van der Waals surface area contributed by atoms with Gasteiger partial charge in [-0.05, 0) is 31.9 Å². The van der Waals surface area contributed by atoms with Gasteiger partial charge in [-0.1, -0.05) is 15.4 Å². The maximum Gasteiger partial charge on any atom is 0.349 e. The van der Waals surface area contributed by atoms with Crippen LogP contribution in [0.15, 0.2) is 38.6 Å². The molecule has 10 nitrogen and oxygen atoms in total. The monoisotopic (exact) mass is 404 g/mol. The Labute approximate surface area is 162 Å². The average molecular weight is 404 g/mol. The number of aryl methyl sites for hydroxylation is 2. The highest BCUT2D eigenvalue weighted by Crippen LogP contribution is 2.33. The highest BCUT2D eigenvalue weighted by molar-refractivity contribution is 7.95. The topological polar surface area (TPSA) is 133 Å². The molecule has 1 saturated heterocycles. The lowest BCUT2D eigenvalue weighted by Crippen LogP contribution is -2.43. The van der Waals surface area contributed by atoms with Crippen LogP contribution in [0.4, 0.5) is 0 Å². The first-order valence-corrected chi connectivity index (χ1v) is 10.4. The minimum Gasteiger partial charge on any atom is -0.593 e. The van der Waals surface area contributed by atoms with Gasteiger partial charge < -0.3 is 9.08 Å². The van der Waals surface area contributed by atoms with Crippen molar-refractivity contribution in [2.75, 3.05) is 13.1 Å². The summed E-state index contributed by atoms with van der Waals surface area (Å²) < 4.78 is 33.8. The lowest BCUT2D eigenvalue weighted by molar-refractivity contribution is 0.282. The number of hydrogen-bond donors (Lipinski definition) is 1. The minimum atomic E-state index is -3.74. The number of aromatic nitrogens is 5. The van der Waals surface area contributed by atoms with Crippen molar-refractivity contribution in [3.05, 3.63) is 52.2 Å². The van der Waals surface area contributed by atoms with E-state index >= 15 is 0 Å². The second-order valence-corrected chi connectivity index (χ2v) is 8.65. The molecule has 2 atom stereocenters. The van der Waals surface area contributed by atoms with Crippen LogP contribution in [0.25, 0.3) is 5.82 Å². The highest BCUT2D eigenvalue weighted by atomic mass is 32.3. The molecule has 0 spiro atoms. The first-order valence-electron chi connectivity index (χ1n) is 8.91. The fourth-order valence-corrected chi connectivity index (χ4v) is 5.33. The molecule has 3 aromatic heterocycles. The number of nitrogens with one attached hydrogen (secondary N) is 1. The number of H-pyrrole nitrogens is 1. The summed E-state index contributed by atoms with van der Waals surface area (Å²) in [6.45, 7) is 3.81. The molecule has 1 fully saturated rings. The number of hydrogen-bond acceptors (Lipinski definition) is 7. The number of nitrogens with zero attached hydrogens (tertiary/aromatic N) is 5. The number of aromatic amines is 1. The first-order chi connectivity index (χ1) is 13.4. The van der Waals surface area contributed by atoms with Crippen molar-refractivity contribution < 1.29 is 13.3 Å². The Morgan fingerprint density at radius 1 is 1.36 bits per heavy atom. The van der Waals surface area contributed by atoms with E-state index in [0.717, 1.165) is 6.42 Å². The fourth-order valence-electron chi connectivity index (χ4n) is 3.51. The molecular formula is C17H20N6O4S. The molecule has 0 aliphatic carbocycles. The van der Waals surface area contributed by atoms with Crippen LogP contribution >= 0.6 is 0 Å². The second-order valence-electron chi connectivity index (χ2n) is 6.77. The van der Waals surface area contributed by atoms with Crippen LogP contribution in [-0.2, 0) is 14.6 Å². The van der Waals surface area contributed by atoms with Crippen molar-refractivity contribution in [1.29, 1.82) is 0 Å². The van der Waals surface area contributed by atoms with Crippen molar-refractivity contribution in [3.63, 3.8) is 0 Å². The largest absolute Gasteiger partial charge is 0.593 e. The summed E-state index contributed by atoms with van der Waals surface area (Å²) in [5.41, 5.74) is -0.0631. The van der Waals surface area contributed by atoms with Crippen LogP contribution in [0.3, 0.4) is 0 Å². The standard InChI is InChI=1S/C17H20N6O4S/c1-11-15(12(2)27-21-11)28(25,26)22-9-5-6-13(10-22)16-19-17(24)23(20-16)14-7-3-4-8-18-14/h3-4,7-8,13H,5-6,9-10H2,1-2H3,(H-,19,20,24,25,26). The van der Waals surface area contributed by atoms with Gasteiger partial charge in [-0.25, -0.2) is 9.78 Å². The van der Waals surface area contributed by atoms with Crippen LogP contribution in [0.5, 0.6) is 0 Å². The predicted octanol–water partition coefficient (Wildman–Crippen LogP) is 1.34. The van der Waals surface area contributed by atoms with E-state index in [1.54, 1.807) is 38.2 Å². The molecule has 2 unspecified atom stereocenters. The van der Waals surface area contributed by atoms with Crippen LogP contribution in [0.1, 0.15) is 36.0 Å². The summed E-state index contributed by atoms with van der Waals surface area (Å²) in [5.74, 6) is 0.912. The number of sulfonamides is 1. The molecule has 0 radical (unpaired) electrons. The van der Waals surface area contributed by atoms with Crippen molar-refractivity contribution in [2.24, 2.45) is 0 Å². The van der Waals surface area contributed by atoms with Gasteiger partial charge in [0, 0.05) is 25.6 Å². The Hall–Kier alpha value is -2.63. The summed E-state index contributed by atoms with van der Waals surface area (Å²) in [6.07, 6.45) is 2.96. The predicted molar refractivity (Wildman–Crippen MR) is 98.6 cm³/mol. The Balaban J connectivity index is 1.62. The lowest BCUT2D eigenvalue weighted by Gasteiger charge is -2.33. The second kappa shape index (κ2) is 7.08. The zero-order chi connectivity index (χ0) is 19.9. The van der Waals surface area contributed by atoms with Crippen LogP contribution in [0.2, 0.25) is 0 Å². The van der Waals surface area contributed by atoms with Gasteiger partial charge in [0.2, 0.25) is 4.90 Å². The molecule has 4 rings (SSSR count). The van der Waals surface area contributed by atoms with E-state index in [1.807, 2.05) is 0 Å².